The molecule has 5 rings (SSSR count). The van der Waals surface area contributed by atoms with E-state index in [1.165, 1.54) is 10.4 Å². The van der Waals surface area contributed by atoms with E-state index in [9.17, 15) is 9.59 Å². The van der Waals surface area contributed by atoms with E-state index in [-0.39, 0.29) is 24.2 Å². The predicted molar refractivity (Wildman–Crippen MR) is 127 cm³/mol. The van der Waals surface area contributed by atoms with Crippen LogP contribution in [-0.2, 0) is 29.1 Å². The Hall–Kier alpha value is -3.03. The van der Waals surface area contributed by atoms with Gasteiger partial charge in [0.15, 0.2) is 5.13 Å². The van der Waals surface area contributed by atoms with Gasteiger partial charge in [0, 0.05) is 49.6 Å². The number of fused-ring (bicyclic) bond motifs is 1. The Morgan fingerprint density at radius 2 is 1.94 bits per heavy atom. The molecule has 0 spiro atoms. The molecule has 0 bridgehead atoms. The average molecular weight is 447 g/mol. The van der Waals surface area contributed by atoms with Gasteiger partial charge in [-0.2, -0.15) is 0 Å². The smallest absolute Gasteiger partial charge is 0.231 e. The Balaban J connectivity index is 1.21. The van der Waals surface area contributed by atoms with E-state index in [0.717, 1.165) is 43.0 Å². The van der Waals surface area contributed by atoms with Crippen molar-refractivity contribution in [3.63, 3.8) is 0 Å². The molecule has 3 aromatic rings. The van der Waals surface area contributed by atoms with Gasteiger partial charge in [-0.1, -0.05) is 48.0 Å². The first-order valence-electron chi connectivity index (χ1n) is 11.0. The topological polar surface area (TPSA) is 65.5 Å². The molecule has 6 nitrogen and oxygen atoms in total. The van der Waals surface area contributed by atoms with Gasteiger partial charge in [0.2, 0.25) is 11.8 Å². The van der Waals surface area contributed by atoms with Crippen molar-refractivity contribution < 1.29 is 9.59 Å². The van der Waals surface area contributed by atoms with Crippen molar-refractivity contribution in [3.8, 4) is 0 Å². The van der Waals surface area contributed by atoms with Crippen LogP contribution in [0.25, 0.3) is 0 Å². The summed E-state index contributed by atoms with van der Waals surface area (Å²) < 4.78 is 0. The van der Waals surface area contributed by atoms with E-state index in [1.54, 1.807) is 16.2 Å². The molecule has 1 saturated heterocycles. The van der Waals surface area contributed by atoms with Crippen molar-refractivity contribution in [2.75, 3.05) is 23.3 Å². The molecule has 164 valence electrons. The largest absolute Gasteiger partial charge is 0.312 e. The summed E-state index contributed by atoms with van der Waals surface area (Å²) in [5.74, 6) is -0.497. The summed E-state index contributed by atoms with van der Waals surface area (Å²) in [7, 11) is 0. The molecular formula is C25H26N4O2S. The lowest BCUT2D eigenvalue weighted by atomic mass is 10.1. The Kier molecular flexibility index (Phi) is 5.76. The van der Waals surface area contributed by atoms with Crippen LogP contribution in [0.15, 0.2) is 54.6 Å². The lowest BCUT2D eigenvalue weighted by molar-refractivity contribution is -0.122. The Morgan fingerprint density at radius 3 is 2.72 bits per heavy atom. The first kappa shape index (κ1) is 20.8. The van der Waals surface area contributed by atoms with E-state index < -0.39 is 0 Å². The molecule has 2 amide bonds. The second-order valence-electron chi connectivity index (χ2n) is 8.57. The summed E-state index contributed by atoms with van der Waals surface area (Å²) >= 11 is 1.55. The number of nitrogens with one attached hydrogen (secondary N) is 1. The molecule has 2 aliphatic rings. The van der Waals surface area contributed by atoms with Gasteiger partial charge < -0.3 is 10.2 Å². The lowest BCUT2D eigenvalue weighted by Gasteiger charge is -2.25. The fourth-order valence-electron chi connectivity index (χ4n) is 4.34. The number of hydrogen-bond donors (Lipinski definition) is 1. The van der Waals surface area contributed by atoms with E-state index in [4.69, 9.17) is 0 Å². The first-order chi connectivity index (χ1) is 15.5. The van der Waals surface area contributed by atoms with Gasteiger partial charge in [0.05, 0.1) is 11.6 Å². The van der Waals surface area contributed by atoms with Gasteiger partial charge >= 0.3 is 0 Å². The summed E-state index contributed by atoms with van der Waals surface area (Å²) in [6, 6.07) is 18.3. The summed E-state index contributed by atoms with van der Waals surface area (Å²) in [4.78, 5) is 35.4. The molecule has 2 aliphatic heterocycles. The fourth-order valence-corrected chi connectivity index (χ4v) is 5.40. The van der Waals surface area contributed by atoms with E-state index in [1.807, 2.05) is 37.3 Å². The molecule has 7 heteroatoms. The summed E-state index contributed by atoms with van der Waals surface area (Å²) in [5, 5.41) is 3.62. The molecule has 0 saturated carbocycles. The van der Waals surface area contributed by atoms with Gasteiger partial charge in [-0.05, 0) is 24.6 Å². The second kappa shape index (κ2) is 8.84. The van der Waals surface area contributed by atoms with Gasteiger partial charge in [0.25, 0.3) is 0 Å². The Labute approximate surface area is 191 Å². The minimum atomic E-state index is -0.362. The Morgan fingerprint density at radius 1 is 1.16 bits per heavy atom. The first-order valence-corrected chi connectivity index (χ1v) is 11.8. The van der Waals surface area contributed by atoms with Crippen LogP contribution in [0, 0.1) is 12.8 Å². The zero-order valence-electron chi connectivity index (χ0n) is 18.1. The standard InChI is InChI=1S/C25H26N4O2S/c1-17-7-9-20(10-8-17)29-15-19(13-23(29)30)24(31)27-25-26-21-11-12-28(16-22(21)32-25)14-18-5-3-2-4-6-18/h2-10,19H,11-16H2,1H3,(H,26,27,31). The maximum Gasteiger partial charge on any atom is 0.231 e. The van der Waals surface area contributed by atoms with Gasteiger partial charge in [-0.25, -0.2) is 4.98 Å². The van der Waals surface area contributed by atoms with Crippen molar-refractivity contribution in [2.24, 2.45) is 5.92 Å². The van der Waals surface area contributed by atoms with Crippen LogP contribution in [0.1, 0.15) is 28.1 Å². The molecule has 1 unspecified atom stereocenters. The maximum absolute atomic E-state index is 12.9. The summed E-state index contributed by atoms with van der Waals surface area (Å²) in [6.45, 7) is 5.14. The lowest BCUT2D eigenvalue weighted by Crippen LogP contribution is -2.29. The summed E-state index contributed by atoms with van der Waals surface area (Å²) in [5.41, 5.74) is 4.38. The number of hydrogen-bond acceptors (Lipinski definition) is 5. The quantitative estimate of drug-likeness (QED) is 0.643. The molecule has 1 aromatic heterocycles. The van der Waals surface area contributed by atoms with Crippen molar-refractivity contribution in [1.29, 1.82) is 0 Å². The molecule has 0 radical (unpaired) electrons. The third-order valence-corrected chi connectivity index (χ3v) is 7.13. The third-order valence-electron chi connectivity index (χ3n) is 6.13. The molecule has 2 aromatic carbocycles. The predicted octanol–water partition coefficient (Wildman–Crippen LogP) is 4.00. The second-order valence-corrected chi connectivity index (χ2v) is 9.65. The number of carbonyl (C=O) groups excluding carboxylic acids is 2. The van der Waals surface area contributed by atoms with Crippen molar-refractivity contribution in [3.05, 3.63) is 76.3 Å². The molecule has 3 heterocycles. The molecule has 1 fully saturated rings. The summed E-state index contributed by atoms with van der Waals surface area (Å²) in [6.07, 6.45) is 1.12. The van der Waals surface area contributed by atoms with Crippen LogP contribution < -0.4 is 10.2 Å². The highest BCUT2D eigenvalue weighted by atomic mass is 32.1. The monoisotopic (exact) mass is 446 g/mol. The maximum atomic E-state index is 12.9. The fraction of sp³-hybridized carbons (Fsp3) is 0.320. The zero-order valence-corrected chi connectivity index (χ0v) is 18.9. The number of amides is 2. The van der Waals surface area contributed by atoms with E-state index in [0.29, 0.717) is 11.7 Å². The van der Waals surface area contributed by atoms with Gasteiger partial charge in [0.1, 0.15) is 0 Å². The van der Waals surface area contributed by atoms with Crippen LogP contribution >= 0.6 is 11.3 Å². The van der Waals surface area contributed by atoms with Gasteiger partial charge in [-0.15, -0.1) is 11.3 Å². The zero-order chi connectivity index (χ0) is 22.1. The highest BCUT2D eigenvalue weighted by molar-refractivity contribution is 7.15. The average Bonchev–Trinajstić information content (AvgIpc) is 3.37. The molecule has 1 atom stereocenters. The highest BCUT2D eigenvalue weighted by Crippen LogP contribution is 2.31. The van der Waals surface area contributed by atoms with Crippen LogP contribution in [0.3, 0.4) is 0 Å². The third kappa shape index (κ3) is 4.45. The molecule has 32 heavy (non-hydrogen) atoms. The minimum Gasteiger partial charge on any atom is -0.312 e. The number of carbonyl (C=O) groups is 2. The SMILES string of the molecule is Cc1ccc(N2CC(C(=O)Nc3nc4c(s3)CN(Cc3ccccc3)CC4)CC2=O)cc1. The highest BCUT2D eigenvalue weighted by Gasteiger charge is 2.35. The van der Waals surface area contributed by atoms with Crippen LogP contribution in [0.2, 0.25) is 0 Å². The molecular weight excluding hydrogens is 420 g/mol. The number of anilines is 2. The number of thiazole rings is 1. The van der Waals surface area contributed by atoms with E-state index in [2.05, 4.69) is 39.5 Å². The number of rotatable bonds is 5. The van der Waals surface area contributed by atoms with Crippen molar-refractivity contribution in [2.45, 2.75) is 32.9 Å². The number of nitrogens with zero attached hydrogens (tertiary/aromatic N) is 3. The van der Waals surface area contributed by atoms with E-state index >= 15 is 0 Å². The van der Waals surface area contributed by atoms with Crippen molar-refractivity contribution in [1.82, 2.24) is 9.88 Å². The number of benzene rings is 2. The van der Waals surface area contributed by atoms with Crippen molar-refractivity contribution >= 4 is 34.0 Å². The number of aromatic nitrogens is 1. The molecule has 1 N–H and O–H groups in total. The normalized spacial score (nSPS) is 18.6. The van der Waals surface area contributed by atoms with Crippen LogP contribution in [0.4, 0.5) is 10.8 Å². The van der Waals surface area contributed by atoms with Gasteiger partial charge in [-0.3, -0.25) is 14.5 Å². The minimum absolute atomic E-state index is 0.0102. The molecule has 0 aliphatic carbocycles. The number of aryl methyl sites for hydroxylation is 1. The van der Waals surface area contributed by atoms with Crippen LogP contribution in [0.5, 0.6) is 0 Å². The van der Waals surface area contributed by atoms with Crippen LogP contribution in [-0.4, -0.2) is 34.8 Å². The Bertz CT molecular complexity index is 1130.